The molecular weight excluding hydrogens is 332 g/mol. The van der Waals surface area contributed by atoms with Crippen molar-refractivity contribution in [2.75, 3.05) is 6.61 Å². The molecule has 0 fully saturated rings. The summed E-state index contributed by atoms with van der Waals surface area (Å²) in [7, 11) is 0. The van der Waals surface area contributed by atoms with Gasteiger partial charge in [0.2, 0.25) is 5.75 Å². The first-order chi connectivity index (χ1) is 12.1. The molecule has 0 saturated carbocycles. The molecule has 0 aliphatic rings. The van der Waals surface area contributed by atoms with Crippen molar-refractivity contribution in [3.05, 3.63) is 62.1 Å². The normalized spacial score (nSPS) is 11.1. The van der Waals surface area contributed by atoms with E-state index >= 15 is 0 Å². The highest BCUT2D eigenvalue weighted by atomic mass is 32.1. The first kappa shape index (κ1) is 17.7. The summed E-state index contributed by atoms with van der Waals surface area (Å²) in [5.74, 6) is 0.308. The molecule has 3 rings (SSSR count). The number of benzene rings is 1. The van der Waals surface area contributed by atoms with Gasteiger partial charge in [0.15, 0.2) is 0 Å². The van der Waals surface area contributed by atoms with Crippen molar-refractivity contribution in [3.8, 4) is 5.75 Å². The van der Waals surface area contributed by atoms with E-state index in [1.807, 2.05) is 29.5 Å². The Bertz CT molecular complexity index is 892. The molecule has 0 radical (unpaired) electrons. The summed E-state index contributed by atoms with van der Waals surface area (Å²) in [6.45, 7) is 4.93. The lowest BCUT2D eigenvalue weighted by Gasteiger charge is -2.06. The van der Waals surface area contributed by atoms with Gasteiger partial charge in [0.05, 0.1) is 6.61 Å². The second-order valence-corrected chi connectivity index (χ2v) is 7.85. The van der Waals surface area contributed by atoms with E-state index in [0.717, 1.165) is 24.6 Å². The van der Waals surface area contributed by atoms with Crippen LogP contribution >= 0.6 is 11.3 Å². The van der Waals surface area contributed by atoms with Crippen molar-refractivity contribution < 1.29 is 9.15 Å². The lowest BCUT2D eigenvalue weighted by atomic mass is 10.1. The number of aryl methyl sites for hydroxylation is 3. The molecule has 3 aromatic rings. The molecular formula is C21H24O3S. The zero-order valence-electron chi connectivity index (χ0n) is 14.8. The van der Waals surface area contributed by atoms with Crippen molar-refractivity contribution >= 4 is 22.3 Å². The Labute approximate surface area is 152 Å². The Morgan fingerprint density at radius 2 is 1.84 bits per heavy atom. The topological polar surface area (TPSA) is 39.4 Å². The highest BCUT2D eigenvalue weighted by molar-refractivity contribution is 7.12. The third kappa shape index (κ3) is 4.73. The first-order valence-electron chi connectivity index (χ1n) is 8.85. The largest absolute Gasteiger partial charge is 0.487 e. The van der Waals surface area contributed by atoms with Gasteiger partial charge in [-0.15, -0.1) is 11.3 Å². The standard InChI is InChI=1S/C21H24O3S/c1-15-13-17(16(2)25-15)9-5-3-4-8-12-23-20-14-18-10-6-7-11-19(18)24-21(20)22/h6-7,10-11,13-14H,3-5,8-9,12H2,1-2H3. The number of hydrogen-bond acceptors (Lipinski definition) is 4. The summed E-state index contributed by atoms with van der Waals surface area (Å²) < 4.78 is 10.9. The molecule has 0 amide bonds. The summed E-state index contributed by atoms with van der Waals surface area (Å²) in [5, 5.41) is 0.888. The van der Waals surface area contributed by atoms with Crippen molar-refractivity contribution in [1.82, 2.24) is 0 Å². The van der Waals surface area contributed by atoms with Crippen molar-refractivity contribution in [2.24, 2.45) is 0 Å². The van der Waals surface area contributed by atoms with Gasteiger partial charge in [0.25, 0.3) is 0 Å². The van der Waals surface area contributed by atoms with E-state index in [0.29, 0.717) is 17.9 Å². The zero-order valence-corrected chi connectivity index (χ0v) is 15.7. The number of ether oxygens (including phenoxy) is 1. The van der Waals surface area contributed by atoms with Crippen LogP contribution in [0.15, 0.2) is 45.6 Å². The fraction of sp³-hybridized carbons (Fsp3) is 0.381. The second kappa shape index (κ2) is 8.34. The molecule has 2 heterocycles. The first-order valence-corrected chi connectivity index (χ1v) is 9.67. The zero-order chi connectivity index (χ0) is 17.6. The van der Waals surface area contributed by atoms with Gasteiger partial charge in [0, 0.05) is 15.1 Å². The number of para-hydroxylation sites is 1. The van der Waals surface area contributed by atoms with Gasteiger partial charge < -0.3 is 9.15 Å². The van der Waals surface area contributed by atoms with Gasteiger partial charge in [-0.2, -0.15) is 0 Å². The summed E-state index contributed by atoms with van der Waals surface area (Å²) in [6, 6.07) is 11.6. The van der Waals surface area contributed by atoms with Crippen LogP contribution in [0.4, 0.5) is 0 Å². The highest BCUT2D eigenvalue weighted by Gasteiger charge is 2.06. The van der Waals surface area contributed by atoms with Gasteiger partial charge in [0.1, 0.15) is 5.58 Å². The van der Waals surface area contributed by atoms with Crippen LogP contribution in [0.25, 0.3) is 11.0 Å². The van der Waals surface area contributed by atoms with Crippen LogP contribution in [0, 0.1) is 13.8 Å². The minimum Gasteiger partial charge on any atom is -0.487 e. The highest BCUT2D eigenvalue weighted by Crippen LogP contribution is 2.22. The Hall–Kier alpha value is -2.07. The lowest BCUT2D eigenvalue weighted by Crippen LogP contribution is -2.08. The average Bonchev–Trinajstić information content (AvgIpc) is 2.91. The molecule has 0 saturated heterocycles. The van der Waals surface area contributed by atoms with Crippen molar-refractivity contribution in [3.63, 3.8) is 0 Å². The molecule has 0 spiro atoms. The maximum atomic E-state index is 11.9. The van der Waals surface area contributed by atoms with Gasteiger partial charge in [-0.25, -0.2) is 4.79 Å². The molecule has 0 N–H and O–H groups in total. The summed E-state index contributed by atoms with van der Waals surface area (Å²) in [4.78, 5) is 14.7. The summed E-state index contributed by atoms with van der Waals surface area (Å²) in [5.41, 5.74) is 1.69. The number of unbranched alkanes of at least 4 members (excludes halogenated alkanes) is 3. The second-order valence-electron chi connectivity index (χ2n) is 6.39. The molecule has 132 valence electrons. The molecule has 0 unspecified atom stereocenters. The predicted molar refractivity (Wildman–Crippen MR) is 104 cm³/mol. The Morgan fingerprint density at radius 1 is 1.04 bits per heavy atom. The van der Waals surface area contributed by atoms with Crippen LogP contribution in [0.2, 0.25) is 0 Å². The van der Waals surface area contributed by atoms with Crippen LogP contribution in [-0.2, 0) is 6.42 Å². The predicted octanol–water partition coefficient (Wildman–Crippen LogP) is 5.65. The maximum absolute atomic E-state index is 11.9. The number of rotatable bonds is 8. The monoisotopic (exact) mass is 356 g/mol. The molecule has 2 aromatic heterocycles. The van der Waals surface area contributed by atoms with Crippen molar-refractivity contribution in [2.45, 2.75) is 46.0 Å². The summed E-state index contributed by atoms with van der Waals surface area (Å²) in [6.07, 6.45) is 5.61. The van der Waals surface area contributed by atoms with E-state index in [4.69, 9.17) is 9.15 Å². The van der Waals surface area contributed by atoms with Crippen molar-refractivity contribution in [1.29, 1.82) is 0 Å². The van der Waals surface area contributed by atoms with E-state index < -0.39 is 5.63 Å². The van der Waals surface area contributed by atoms with Gasteiger partial charge in [-0.05, 0) is 56.9 Å². The number of fused-ring (bicyclic) bond motifs is 1. The molecule has 0 aliphatic heterocycles. The minimum atomic E-state index is -0.401. The fourth-order valence-electron chi connectivity index (χ4n) is 3.03. The van der Waals surface area contributed by atoms with Crippen LogP contribution in [0.5, 0.6) is 5.75 Å². The third-order valence-electron chi connectivity index (χ3n) is 4.35. The number of hydrogen-bond donors (Lipinski definition) is 0. The van der Waals surface area contributed by atoms with Gasteiger partial charge in [-0.1, -0.05) is 31.0 Å². The van der Waals surface area contributed by atoms with E-state index in [2.05, 4.69) is 19.9 Å². The molecule has 25 heavy (non-hydrogen) atoms. The molecule has 0 aliphatic carbocycles. The molecule has 4 heteroatoms. The minimum absolute atomic E-state index is 0.308. The van der Waals surface area contributed by atoms with Gasteiger partial charge in [-0.3, -0.25) is 0 Å². The SMILES string of the molecule is Cc1cc(CCCCCCOc2cc3ccccc3oc2=O)c(C)s1. The number of thiophene rings is 1. The average molecular weight is 356 g/mol. The molecule has 3 nitrogen and oxygen atoms in total. The van der Waals surface area contributed by atoms with Crippen LogP contribution in [-0.4, -0.2) is 6.61 Å². The van der Waals surface area contributed by atoms with Gasteiger partial charge >= 0.3 is 5.63 Å². The van der Waals surface area contributed by atoms with Crippen LogP contribution < -0.4 is 10.4 Å². The smallest absolute Gasteiger partial charge is 0.379 e. The van der Waals surface area contributed by atoms with E-state index in [9.17, 15) is 4.79 Å². The van der Waals surface area contributed by atoms with Crippen LogP contribution in [0.3, 0.4) is 0 Å². The van der Waals surface area contributed by atoms with E-state index in [1.165, 1.54) is 28.2 Å². The Kier molecular flexibility index (Phi) is 5.92. The van der Waals surface area contributed by atoms with E-state index in [1.54, 1.807) is 12.1 Å². The Balaban J connectivity index is 1.39. The molecule has 1 aromatic carbocycles. The third-order valence-corrected chi connectivity index (χ3v) is 5.36. The molecule has 0 atom stereocenters. The molecule has 0 bridgehead atoms. The quantitative estimate of drug-likeness (QED) is 0.386. The Morgan fingerprint density at radius 3 is 2.64 bits per heavy atom. The summed E-state index contributed by atoms with van der Waals surface area (Å²) >= 11 is 1.88. The fourth-order valence-corrected chi connectivity index (χ4v) is 4.00. The maximum Gasteiger partial charge on any atom is 0.379 e. The lowest BCUT2D eigenvalue weighted by molar-refractivity contribution is 0.291. The van der Waals surface area contributed by atoms with E-state index in [-0.39, 0.29) is 0 Å². The van der Waals surface area contributed by atoms with Crippen LogP contribution in [0.1, 0.15) is 41.0 Å².